The predicted molar refractivity (Wildman–Crippen MR) is 114 cm³/mol. The lowest BCUT2D eigenvalue weighted by atomic mass is 9.85. The fourth-order valence-electron chi connectivity index (χ4n) is 3.04. The maximum absolute atomic E-state index is 13.0. The van der Waals surface area contributed by atoms with Crippen molar-refractivity contribution in [2.45, 2.75) is 40.0 Å². The second-order valence-corrected chi connectivity index (χ2v) is 8.69. The Morgan fingerprint density at radius 2 is 1.45 bits per heavy atom. The number of carbonyl (C=O) groups is 2. The van der Waals surface area contributed by atoms with E-state index >= 15 is 0 Å². The SMILES string of the molecule is CC(C)(C(=O)Nc1ccc2c(c1)OCCO2)C(=O)Nc1ccccc1C(C)(C)C. The van der Waals surface area contributed by atoms with Gasteiger partial charge >= 0.3 is 0 Å². The van der Waals surface area contributed by atoms with Crippen LogP contribution in [0.5, 0.6) is 11.5 Å². The molecule has 29 heavy (non-hydrogen) atoms. The molecule has 2 aromatic rings. The lowest BCUT2D eigenvalue weighted by Gasteiger charge is -2.27. The molecule has 154 valence electrons. The number of carbonyl (C=O) groups excluding carboxylic acids is 2. The van der Waals surface area contributed by atoms with Crippen molar-refractivity contribution >= 4 is 23.2 Å². The Hall–Kier alpha value is -3.02. The highest BCUT2D eigenvalue weighted by Crippen LogP contribution is 2.34. The van der Waals surface area contributed by atoms with Crippen LogP contribution < -0.4 is 20.1 Å². The molecule has 0 radical (unpaired) electrons. The molecule has 0 unspecified atom stereocenters. The molecule has 6 nitrogen and oxygen atoms in total. The summed E-state index contributed by atoms with van der Waals surface area (Å²) in [6, 6.07) is 12.8. The molecule has 3 rings (SSSR count). The Morgan fingerprint density at radius 1 is 0.828 bits per heavy atom. The van der Waals surface area contributed by atoms with E-state index in [2.05, 4.69) is 31.4 Å². The van der Waals surface area contributed by atoms with Gasteiger partial charge in [-0.1, -0.05) is 39.0 Å². The Bertz CT molecular complexity index is 929. The number of fused-ring (bicyclic) bond motifs is 1. The third-order valence-corrected chi connectivity index (χ3v) is 4.92. The normalized spacial score (nSPS) is 13.6. The minimum absolute atomic E-state index is 0.137. The lowest BCUT2D eigenvalue weighted by molar-refractivity contribution is -0.135. The molecule has 2 aromatic carbocycles. The van der Waals surface area contributed by atoms with Crippen LogP contribution in [-0.4, -0.2) is 25.0 Å². The van der Waals surface area contributed by atoms with Gasteiger partial charge in [-0.2, -0.15) is 0 Å². The van der Waals surface area contributed by atoms with Gasteiger partial charge in [0.1, 0.15) is 18.6 Å². The van der Waals surface area contributed by atoms with Crippen molar-refractivity contribution in [1.29, 1.82) is 0 Å². The number of hydrogen-bond acceptors (Lipinski definition) is 4. The lowest BCUT2D eigenvalue weighted by Crippen LogP contribution is -2.42. The van der Waals surface area contributed by atoms with Crippen LogP contribution in [-0.2, 0) is 15.0 Å². The molecule has 0 fully saturated rings. The smallest absolute Gasteiger partial charge is 0.239 e. The Kier molecular flexibility index (Phi) is 5.55. The summed E-state index contributed by atoms with van der Waals surface area (Å²) in [5, 5.41) is 5.74. The van der Waals surface area contributed by atoms with Gasteiger partial charge < -0.3 is 20.1 Å². The van der Waals surface area contributed by atoms with Crippen LogP contribution in [0.3, 0.4) is 0 Å². The highest BCUT2D eigenvalue weighted by molar-refractivity contribution is 6.14. The molecule has 0 atom stereocenters. The number of hydrogen-bond donors (Lipinski definition) is 2. The molecule has 1 heterocycles. The topological polar surface area (TPSA) is 76.7 Å². The molecule has 1 aliphatic rings. The third kappa shape index (κ3) is 4.53. The number of anilines is 2. The average molecular weight is 396 g/mol. The summed E-state index contributed by atoms with van der Waals surface area (Å²) >= 11 is 0. The van der Waals surface area contributed by atoms with Gasteiger partial charge in [0, 0.05) is 17.4 Å². The van der Waals surface area contributed by atoms with Crippen LogP contribution in [0, 0.1) is 5.41 Å². The van der Waals surface area contributed by atoms with Crippen LogP contribution in [0.15, 0.2) is 42.5 Å². The maximum atomic E-state index is 13.0. The molecule has 0 aliphatic carbocycles. The van der Waals surface area contributed by atoms with Gasteiger partial charge in [-0.3, -0.25) is 9.59 Å². The summed E-state index contributed by atoms with van der Waals surface area (Å²) in [5.41, 5.74) is 0.858. The quantitative estimate of drug-likeness (QED) is 0.753. The highest BCUT2D eigenvalue weighted by Gasteiger charge is 2.37. The number of para-hydroxylation sites is 1. The summed E-state index contributed by atoms with van der Waals surface area (Å²) in [7, 11) is 0. The fraction of sp³-hybridized carbons (Fsp3) is 0.391. The summed E-state index contributed by atoms with van der Waals surface area (Å²) in [6.07, 6.45) is 0. The van der Waals surface area contributed by atoms with E-state index in [0.717, 1.165) is 5.56 Å². The van der Waals surface area contributed by atoms with Gasteiger partial charge in [-0.05, 0) is 43.0 Å². The van der Waals surface area contributed by atoms with E-state index in [1.54, 1.807) is 32.0 Å². The summed E-state index contributed by atoms with van der Waals surface area (Å²) in [5.74, 6) is 0.449. The van der Waals surface area contributed by atoms with Gasteiger partial charge in [0.05, 0.1) is 0 Å². The van der Waals surface area contributed by atoms with Gasteiger partial charge in [0.25, 0.3) is 0 Å². The predicted octanol–water partition coefficient (Wildman–Crippen LogP) is 4.36. The van der Waals surface area contributed by atoms with Crippen LogP contribution in [0.4, 0.5) is 11.4 Å². The van der Waals surface area contributed by atoms with Gasteiger partial charge in [0.2, 0.25) is 11.8 Å². The molecule has 6 heteroatoms. The number of rotatable bonds is 4. The minimum Gasteiger partial charge on any atom is -0.486 e. The molecule has 0 spiro atoms. The molecule has 0 bridgehead atoms. The summed E-state index contributed by atoms with van der Waals surface area (Å²) in [6.45, 7) is 10.4. The second-order valence-electron chi connectivity index (χ2n) is 8.69. The number of nitrogens with one attached hydrogen (secondary N) is 2. The van der Waals surface area contributed by atoms with Gasteiger partial charge in [-0.25, -0.2) is 0 Å². The zero-order valence-corrected chi connectivity index (χ0v) is 17.6. The minimum atomic E-state index is -1.28. The van der Waals surface area contributed by atoms with Crippen molar-refractivity contribution in [3.63, 3.8) is 0 Å². The summed E-state index contributed by atoms with van der Waals surface area (Å²) in [4.78, 5) is 25.8. The van der Waals surface area contributed by atoms with Crippen LogP contribution in [0.1, 0.15) is 40.2 Å². The van der Waals surface area contributed by atoms with E-state index in [-0.39, 0.29) is 11.3 Å². The standard InChI is InChI=1S/C23H28N2O4/c1-22(2,3)16-8-6-7-9-17(16)25-21(27)23(4,5)20(26)24-15-10-11-18-19(14-15)29-13-12-28-18/h6-11,14H,12-13H2,1-5H3,(H,24,26)(H,25,27). The van der Waals surface area contributed by atoms with Gasteiger partial charge in [0.15, 0.2) is 11.5 Å². The van der Waals surface area contributed by atoms with Crippen molar-refractivity contribution in [3.8, 4) is 11.5 Å². The monoisotopic (exact) mass is 396 g/mol. The van der Waals surface area contributed by atoms with E-state index in [1.807, 2.05) is 24.3 Å². The summed E-state index contributed by atoms with van der Waals surface area (Å²) < 4.78 is 11.0. The first-order chi connectivity index (χ1) is 13.6. The van der Waals surface area contributed by atoms with E-state index in [4.69, 9.17) is 9.47 Å². The number of amides is 2. The van der Waals surface area contributed by atoms with Crippen molar-refractivity contribution in [3.05, 3.63) is 48.0 Å². The molecule has 1 aliphatic heterocycles. The number of ether oxygens (including phenoxy) is 2. The van der Waals surface area contributed by atoms with Gasteiger partial charge in [-0.15, -0.1) is 0 Å². The largest absolute Gasteiger partial charge is 0.486 e. The van der Waals surface area contributed by atoms with Crippen molar-refractivity contribution in [2.75, 3.05) is 23.8 Å². The van der Waals surface area contributed by atoms with Crippen LogP contribution in [0.2, 0.25) is 0 Å². The van der Waals surface area contributed by atoms with Crippen LogP contribution in [0.25, 0.3) is 0 Å². The Labute approximate surface area is 171 Å². The fourth-order valence-corrected chi connectivity index (χ4v) is 3.04. The van der Waals surface area contributed by atoms with E-state index in [0.29, 0.717) is 36.1 Å². The zero-order chi connectivity index (χ0) is 21.2. The molecule has 0 saturated carbocycles. The number of benzene rings is 2. The highest BCUT2D eigenvalue weighted by atomic mass is 16.6. The molecule has 2 N–H and O–H groups in total. The second kappa shape index (κ2) is 7.78. The maximum Gasteiger partial charge on any atom is 0.239 e. The molecule has 2 amide bonds. The van der Waals surface area contributed by atoms with Crippen molar-refractivity contribution in [1.82, 2.24) is 0 Å². The van der Waals surface area contributed by atoms with Crippen molar-refractivity contribution < 1.29 is 19.1 Å². The Balaban J connectivity index is 1.75. The molecule has 0 aromatic heterocycles. The third-order valence-electron chi connectivity index (χ3n) is 4.92. The average Bonchev–Trinajstić information content (AvgIpc) is 2.67. The molecule has 0 saturated heterocycles. The first kappa shape index (κ1) is 20.7. The first-order valence-corrected chi connectivity index (χ1v) is 9.71. The van der Waals surface area contributed by atoms with E-state index < -0.39 is 11.3 Å². The van der Waals surface area contributed by atoms with Crippen LogP contribution >= 0.6 is 0 Å². The molecular formula is C23H28N2O4. The Morgan fingerprint density at radius 3 is 2.14 bits per heavy atom. The van der Waals surface area contributed by atoms with E-state index in [1.165, 1.54) is 0 Å². The first-order valence-electron chi connectivity index (χ1n) is 9.71. The van der Waals surface area contributed by atoms with E-state index in [9.17, 15) is 9.59 Å². The zero-order valence-electron chi connectivity index (χ0n) is 17.6. The molecular weight excluding hydrogens is 368 g/mol. The van der Waals surface area contributed by atoms with Crippen molar-refractivity contribution in [2.24, 2.45) is 5.41 Å².